The normalized spacial score (nSPS) is 15.9. The fourth-order valence-electron chi connectivity index (χ4n) is 4.87. The third-order valence-electron chi connectivity index (χ3n) is 6.27. The number of hydrogen-bond donors (Lipinski definition) is 2. The van der Waals surface area contributed by atoms with E-state index in [2.05, 4.69) is 11.8 Å². The van der Waals surface area contributed by atoms with Crippen molar-refractivity contribution < 1.29 is 10.2 Å². The van der Waals surface area contributed by atoms with E-state index in [1.54, 1.807) is 0 Å². The third kappa shape index (κ3) is 2.11. The minimum atomic E-state index is -1.48. The maximum absolute atomic E-state index is 11.8. The minimum Gasteiger partial charge on any atom is -0.369 e. The SMILES string of the molecule is OC1(C#CC2(O)c3ccccc3-c3ccccc32)c2ccccc2-c2ccccc21. The number of aliphatic hydroxyl groups is 2. The zero-order chi connectivity index (χ0) is 20.3. The van der Waals surface area contributed by atoms with Gasteiger partial charge < -0.3 is 10.2 Å². The summed E-state index contributed by atoms with van der Waals surface area (Å²) in [4.78, 5) is 0. The van der Waals surface area contributed by atoms with Crippen LogP contribution in [0.3, 0.4) is 0 Å². The Morgan fingerprint density at radius 1 is 0.400 bits per heavy atom. The number of fused-ring (bicyclic) bond motifs is 6. The van der Waals surface area contributed by atoms with Gasteiger partial charge in [0.15, 0.2) is 11.2 Å². The van der Waals surface area contributed by atoms with E-state index in [1.165, 1.54) is 0 Å². The van der Waals surface area contributed by atoms with E-state index < -0.39 is 11.2 Å². The Labute approximate surface area is 175 Å². The predicted octanol–water partition coefficient (Wildman–Crippen LogP) is 4.82. The highest BCUT2D eigenvalue weighted by atomic mass is 16.3. The summed E-state index contributed by atoms with van der Waals surface area (Å²) < 4.78 is 0. The topological polar surface area (TPSA) is 40.5 Å². The van der Waals surface area contributed by atoms with Crippen molar-refractivity contribution in [2.24, 2.45) is 0 Å². The van der Waals surface area contributed by atoms with Gasteiger partial charge in [-0.2, -0.15) is 0 Å². The summed E-state index contributed by atoms with van der Waals surface area (Å²) in [5, 5.41) is 23.6. The molecule has 0 saturated carbocycles. The second kappa shape index (κ2) is 5.93. The zero-order valence-electron chi connectivity index (χ0n) is 16.1. The second-order valence-electron chi connectivity index (χ2n) is 7.85. The molecule has 0 amide bonds. The lowest BCUT2D eigenvalue weighted by molar-refractivity contribution is 0.138. The summed E-state index contributed by atoms with van der Waals surface area (Å²) in [6.07, 6.45) is 0. The highest BCUT2D eigenvalue weighted by molar-refractivity contribution is 5.84. The van der Waals surface area contributed by atoms with Crippen LogP contribution in [-0.2, 0) is 11.2 Å². The van der Waals surface area contributed by atoms with Crippen LogP contribution in [0, 0.1) is 11.8 Å². The van der Waals surface area contributed by atoms with Gasteiger partial charge in [0.2, 0.25) is 0 Å². The monoisotopic (exact) mass is 386 g/mol. The van der Waals surface area contributed by atoms with Crippen LogP contribution in [0.1, 0.15) is 22.3 Å². The molecule has 6 rings (SSSR count). The molecule has 4 aromatic rings. The van der Waals surface area contributed by atoms with Crippen LogP contribution in [0.15, 0.2) is 97.1 Å². The Balaban J connectivity index is 1.60. The van der Waals surface area contributed by atoms with Gasteiger partial charge >= 0.3 is 0 Å². The van der Waals surface area contributed by atoms with Gasteiger partial charge in [-0.3, -0.25) is 0 Å². The van der Waals surface area contributed by atoms with Crippen LogP contribution in [0.4, 0.5) is 0 Å². The number of rotatable bonds is 0. The summed E-state index contributed by atoms with van der Waals surface area (Å²) in [7, 11) is 0. The average molecular weight is 386 g/mol. The molecular weight excluding hydrogens is 368 g/mol. The number of hydrogen-bond acceptors (Lipinski definition) is 2. The van der Waals surface area contributed by atoms with E-state index in [0.29, 0.717) is 0 Å². The van der Waals surface area contributed by atoms with E-state index in [1.807, 2.05) is 97.1 Å². The van der Waals surface area contributed by atoms with E-state index in [-0.39, 0.29) is 0 Å². The quantitative estimate of drug-likeness (QED) is 0.425. The first-order valence-electron chi connectivity index (χ1n) is 10.0. The van der Waals surface area contributed by atoms with Crippen molar-refractivity contribution in [1.82, 2.24) is 0 Å². The molecule has 0 heterocycles. The van der Waals surface area contributed by atoms with Gasteiger partial charge in [-0.15, -0.1) is 0 Å². The van der Waals surface area contributed by atoms with Crippen molar-refractivity contribution in [3.05, 3.63) is 119 Å². The molecule has 0 fully saturated rings. The van der Waals surface area contributed by atoms with Crippen LogP contribution in [0.2, 0.25) is 0 Å². The molecule has 0 bridgehead atoms. The van der Waals surface area contributed by atoms with E-state index in [0.717, 1.165) is 44.5 Å². The van der Waals surface area contributed by atoms with Gasteiger partial charge in [0.25, 0.3) is 0 Å². The summed E-state index contributed by atoms with van der Waals surface area (Å²) >= 11 is 0. The van der Waals surface area contributed by atoms with Gasteiger partial charge in [-0.25, -0.2) is 0 Å². The highest BCUT2D eigenvalue weighted by Gasteiger charge is 2.43. The largest absolute Gasteiger partial charge is 0.369 e. The maximum atomic E-state index is 11.8. The Kier molecular flexibility index (Phi) is 3.41. The molecule has 0 radical (unpaired) electrons. The standard InChI is InChI=1S/C28H18O2/c29-27(23-13-5-1-9-19(23)20-10-2-6-14-24(20)27)17-18-28(30)25-15-7-3-11-21(25)22-12-4-8-16-26(22)28/h1-16,29-30H. The van der Waals surface area contributed by atoms with Crippen molar-refractivity contribution in [3.8, 4) is 34.1 Å². The van der Waals surface area contributed by atoms with Gasteiger partial charge in [-0.05, 0) is 22.3 Å². The maximum Gasteiger partial charge on any atom is 0.178 e. The first-order valence-corrected chi connectivity index (χ1v) is 10.0. The average Bonchev–Trinajstić information content (AvgIpc) is 3.22. The van der Waals surface area contributed by atoms with Gasteiger partial charge in [-0.1, -0.05) is 109 Å². The Bertz CT molecular complexity index is 1190. The molecule has 142 valence electrons. The van der Waals surface area contributed by atoms with Crippen LogP contribution in [0.5, 0.6) is 0 Å². The van der Waals surface area contributed by atoms with Crippen LogP contribution >= 0.6 is 0 Å². The van der Waals surface area contributed by atoms with Gasteiger partial charge in [0.05, 0.1) is 0 Å². The molecule has 0 aliphatic heterocycles. The molecule has 0 saturated heterocycles. The fraction of sp³-hybridized carbons (Fsp3) is 0.0714. The lowest BCUT2D eigenvalue weighted by Gasteiger charge is -2.23. The first kappa shape index (κ1) is 17.2. The van der Waals surface area contributed by atoms with Crippen molar-refractivity contribution in [3.63, 3.8) is 0 Å². The third-order valence-corrected chi connectivity index (χ3v) is 6.27. The molecule has 2 heteroatoms. The summed E-state index contributed by atoms with van der Waals surface area (Å²) in [5.74, 6) is 6.18. The van der Waals surface area contributed by atoms with Crippen LogP contribution in [0.25, 0.3) is 22.3 Å². The first-order chi connectivity index (χ1) is 14.6. The Morgan fingerprint density at radius 3 is 0.900 bits per heavy atom. The lowest BCUT2D eigenvalue weighted by atomic mass is 9.87. The lowest BCUT2D eigenvalue weighted by Crippen LogP contribution is -2.26. The molecule has 30 heavy (non-hydrogen) atoms. The van der Waals surface area contributed by atoms with Crippen LogP contribution in [-0.4, -0.2) is 10.2 Å². The van der Waals surface area contributed by atoms with Crippen molar-refractivity contribution in [1.29, 1.82) is 0 Å². The second-order valence-corrected chi connectivity index (χ2v) is 7.85. The van der Waals surface area contributed by atoms with E-state index in [9.17, 15) is 10.2 Å². The Hall–Kier alpha value is -3.64. The smallest absolute Gasteiger partial charge is 0.178 e. The summed E-state index contributed by atoms with van der Waals surface area (Å²) in [6.45, 7) is 0. The number of benzene rings is 4. The zero-order valence-corrected chi connectivity index (χ0v) is 16.1. The molecule has 2 aliphatic carbocycles. The Morgan fingerprint density at radius 2 is 0.633 bits per heavy atom. The summed E-state index contributed by atoms with van der Waals surface area (Å²) in [6, 6.07) is 31.1. The summed E-state index contributed by atoms with van der Waals surface area (Å²) in [5.41, 5.74) is 3.96. The van der Waals surface area contributed by atoms with E-state index in [4.69, 9.17) is 0 Å². The van der Waals surface area contributed by atoms with Crippen molar-refractivity contribution in [2.45, 2.75) is 11.2 Å². The van der Waals surface area contributed by atoms with Crippen molar-refractivity contribution >= 4 is 0 Å². The van der Waals surface area contributed by atoms with Crippen molar-refractivity contribution in [2.75, 3.05) is 0 Å². The highest BCUT2D eigenvalue weighted by Crippen LogP contribution is 2.49. The molecule has 0 aromatic heterocycles. The van der Waals surface area contributed by atoms with Gasteiger partial charge in [0, 0.05) is 22.3 Å². The molecule has 0 unspecified atom stereocenters. The molecule has 2 N–H and O–H groups in total. The molecular formula is C28H18O2. The van der Waals surface area contributed by atoms with Gasteiger partial charge in [0.1, 0.15) is 0 Å². The minimum absolute atomic E-state index is 0.752. The molecule has 0 spiro atoms. The molecule has 2 aliphatic rings. The predicted molar refractivity (Wildman–Crippen MR) is 118 cm³/mol. The molecule has 0 atom stereocenters. The van der Waals surface area contributed by atoms with E-state index >= 15 is 0 Å². The molecule has 4 aromatic carbocycles. The van der Waals surface area contributed by atoms with Crippen LogP contribution < -0.4 is 0 Å². The fourth-order valence-corrected chi connectivity index (χ4v) is 4.87. The molecule has 2 nitrogen and oxygen atoms in total.